The Kier molecular flexibility index (Phi) is 5.92. The number of benzene rings is 3. The van der Waals surface area contributed by atoms with Crippen LogP contribution in [0.3, 0.4) is 0 Å². The Morgan fingerprint density at radius 3 is 2.24 bits per heavy atom. The second kappa shape index (κ2) is 9.27. The van der Waals surface area contributed by atoms with Crippen molar-refractivity contribution in [2.45, 2.75) is 24.5 Å². The molecule has 3 aromatic carbocycles. The minimum Gasteiger partial charge on any atom is -0.450 e. The van der Waals surface area contributed by atoms with Crippen LogP contribution in [-0.2, 0) is 20.7 Å². The number of hydrogen-bond acceptors (Lipinski definition) is 4. The molecule has 6 nitrogen and oxygen atoms in total. The van der Waals surface area contributed by atoms with E-state index >= 15 is 0 Å². The summed E-state index contributed by atoms with van der Waals surface area (Å²) >= 11 is 0. The van der Waals surface area contributed by atoms with E-state index in [-0.39, 0.29) is 24.0 Å². The number of nitrogens with one attached hydrogen (secondary N) is 1. The van der Waals surface area contributed by atoms with Gasteiger partial charge in [-0.1, -0.05) is 91.0 Å². The number of carbonyl (C=O) groups is 3. The zero-order chi connectivity index (χ0) is 25.5. The van der Waals surface area contributed by atoms with Gasteiger partial charge in [-0.15, -0.1) is 0 Å². The van der Waals surface area contributed by atoms with Crippen LogP contribution in [0, 0.1) is 11.8 Å². The summed E-state index contributed by atoms with van der Waals surface area (Å²) in [7, 11) is 0. The van der Waals surface area contributed by atoms with Crippen LogP contribution in [0.1, 0.15) is 33.9 Å². The number of ether oxygens (including phenoxy) is 1. The summed E-state index contributed by atoms with van der Waals surface area (Å²) in [6.07, 6.45) is 1.14. The van der Waals surface area contributed by atoms with E-state index in [0.29, 0.717) is 29.1 Å². The van der Waals surface area contributed by atoms with Crippen molar-refractivity contribution in [3.05, 3.63) is 108 Å². The molecule has 1 saturated carbocycles. The summed E-state index contributed by atoms with van der Waals surface area (Å²) < 4.78 is 6.99. The third-order valence-corrected chi connectivity index (χ3v) is 8.46. The van der Waals surface area contributed by atoms with Crippen LogP contribution < -0.4 is 5.32 Å². The lowest BCUT2D eigenvalue weighted by molar-refractivity contribution is -0.922. The molecule has 188 valence electrons. The van der Waals surface area contributed by atoms with Gasteiger partial charge in [0.05, 0.1) is 25.4 Å². The van der Waals surface area contributed by atoms with Crippen molar-refractivity contribution in [1.82, 2.24) is 5.32 Å². The smallest absolute Gasteiger partial charge is 0.334 e. The molecule has 5 atom stereocenters. The van der Waals surface area contributed by atoms with Crippen LogP contribution in [0.2, 0.25) is 0 Å². The summed E-state index contributed by atoms with van der Waals surface area (Å²) in [5.74, 6) is 0.119. The Balaban J connectivity index is 1.17. The summed E-state index contributed by atoms with van der Waals surface area (Å²) in [5.41, 5.74) is 1.79. The highest BCUT2D eigenvalue weighted by atomic mass is 16.6. The maximum absolute atomic E-state index is 13.6. The molecule has 4 aliphatic rings. The highest BCUT2D eigenvalue weighted by Crippen LogP contribution is 2.65. The summed E-state index contributed by atoms with van der Waals surface area (Å²) in [6.45, 7) is 2.91. The molecule has 0 radical (unpaired) electrons. The third-order valence-electron chi connectivity index (χ3n) is 8.46. The highest BCUT2D eigenvalue weighted by molar-refractivity contribution is 5.97. The number of piperidine rings is 3. The number of quaternary nitrogens is 1. The average Bonchev–Trinajstić information content (AvgIpc) is 3.42. The van der Waals surface area contributed by atoms with Crippen molar-refractivity contribution in [1.29, 1.82) is 0 Å². The number of ketones is 1. The van der Waals surface area contributed by atoms with E-state index in [1.165, 1.54) is 0 Å². The molecule has 0 aromatic heterocycles. The Morgan fingerprint density at radius 1 is 0.892 bits per heavy atom. The predicted octanol–water partition coefficient (Wildman–Crippen LogP) is 3.73. The van der Waals surface area contributed by atoms with Gasteiger partial charge in [0.1, 0.15) is 13.1 Å². The van der Waals surface area contributed by atoms with Crippen LogP contribution in [-0.4, -0.2) is 53.9 Å². The molecule has 4 unspecified atom stereocenters. The Morgan fingerprint density at radius 2 is 1.54 bits per heavy atom. The van der Waals surface area contributed by atoms with Crippen LogP contribution in [0.4, 0.5) is 0 Å². The van der Waals surface area contributed by atoms with Crippen molar-refractivity contribution >= 4 is 17.7 Å². The molecular formula is C31H31N2O4+. The zero-order valence-electron chi connectivity index (χ0n) is 20.7. The normalized spacial score (nSPS) is 27.7. The molecule has 3 aromatic rings. The summed E-state index contributed by atoms with van der Waals surface area (Å²) in [6, 6.07) is 27.3. The van der Waals surface area contributed by atoms with Crippen molar-refractivity contribution in [2.24, 2.45) is 11.8 Å². The molecule has 7 rings (SSSR count). The van der Waals surface area contributed by atoms with Crippen molar-refractivity contribution in [3.63, 3.8) is 0 Å². The Bertz CT molecular complexity index is 1310. The lowest BCUT2D eigenvalue weighted by Gasteiger charge is -2.41. The summed E-state index contributed by atoms with van der Waals surface area (Å²) in [5, 5.41) is 2.93. The molecule has 1 N–H and O–H groups in total. The van der Waals surface area contributed by atoms with E-state index in [1.807, 2.05) is 91.0 Å². The topological polar surface area (TPSA) is 72.5 Å². The number of esters is 1. The fourth-order valence-corrected chi connectivity index (χ4v) is 6.69. The number of amides is 1. The van der Waals surface area contributed by atoms with Crippen LogP contribution in [0.15, 0.2) is 91.0 Å². The molecule has 3 saturated heterocycles. The maximum Gasteiger partial charge on any atom is 0.334 e. The molecule has 0 spiro atoms. The van der Waals surface area contributed by atoms with Gasteiger partial charge in [0.2, 0.25) is 11.7 Å². The maximum atomic E-state index is 13.6. The van der Waals surface area contributed by atoms with Gasteiger partial charge < -0.3 is 14.5 Å². The lowest BCUT2D eigenvalue weighted by Crippen LogP contribution is -2.57. The molecule has 6 heteroatoms. The van der Waals surface area contributed by atoms with Gasteiger partial charge in [-0.25, -0.2) is 4.79 Å². The first-order valence-corrected chi connectivity index (χ1v) is 13.0. The Hall–Kier alpha value is -3.77. The number of hydrogen-bond donors (Lipinski definition) is 1. The predicted molar refractivity (Wildman–Crippen MR) is 138 cm³/mol. The lowest BCUT2D eigenvalue weighted by atomic mass is 10.0. The largest absolute Gasteiger partial charge is 0.450 e. The first-order valence-electron chi connectivity index (χ1n) is 13.0. The molecule has 1 amide bonds. The van der Waals surface area contributed by atoms with Gasteiger partial charge in [-0.05, 0) is 11.1 Å². The number of rotatable bonds is 9. The second-order valence-corrected chi connectivity index (χ2v) is 10.8. The number of Topliss-reactive ketones (excluding diaryl/α,β-unsaturated/α-hetero) is 1. The zero-order valence-corrected chi connectivity index (χ0v) is 20.7. The van der Waals surface area contributed by atoms with Gasteiger partial charge >= 0.3 is 5.97 Å². The van der Waals surface area contributed by atoms with Crippen molar-refractivity contribution < 1.29 is 23.6 Å². The van der Waals surface area contributed by atoms with E-state index in [2.05, 4.69) is 5.32 Å². The fourth-order valence-electron chi connectivity index (χ4n) is 6.69. The highest BCUT2D eigenvalue weighted by Gasteiger charge is 2.81. The van der Waals surface area contributed by atoms with Crippen molar-refractivity contribution in [3.8, 4) is 0 Å². The van der Waals surface area contributed by atoms with Gasteiger partial charge in [0.15, 0.2) is 11.6 Å². The van der Waals surface area contributed by atoms with Gasteiger partial charge in [-0.3, -0.25) is 9.59 Å². The molecule has 3 heterocycles. The van der Waals surface area contributed by atoms with E-state index < -0.39 is 17.6 Å². The molecular weight excluding hydrogens is 464 g/mol. The number of nitrogens with zero attached hydrogens (tertiary/aromatic N) is 1. The summed E-state index contributed by atoms with van der Waals surface area (Å²) in [4.78, 5) is 39.6. The fraction of sp³-hybridized carbons (Fsp3) is 0.323. The van der Waals surface area contributed by atoms with E-state index in [9.17, 15) is 14.4 Å². The Labute approximate surface area is 216 Å². The van der Waals surface area contributed by atoms with Gasteiger partial charge in [0.25, 0.3) is 0 Å². The van der Waals surface area contributed by atoms with Crippen LogP contribution >= 0.6 is 0 Å². The SMILES string of the molecule is O=C(Cc1ccccc1)NC(C(=O)O[C@]12C[N+]3(CC(=O)c4ccccc4)CCC1C2C3)c1ccccc1. The van der Waals surface area contributed by atoms with Gasteiger partial charge in [0, 0.05) is 17.9 Å². The van der Waals surface area contributed by atoms with E-state index in [1.54, 1.807) is 0 Å². The quantitative estimate of drug-likeness (QED) is 0.279. The molecule has 1 aliphatic carbocycles. The van der Waals surface area contributed by atoms with Gasteiger partial charge in [-0.2, -0.15) is 0 Å². The molecule has 3 aliphatic heterocycles. The van der Waals surface area contributed by atoms with Crippen LogP contribution in [0.5, 0.6) is 0 Å². The molecule has 37 heavy (non-hydrogen) atoms. The van der Waals surface area contributed by atoms with E-state index in [0.717, 1.165) is 30.6 Å². The first kappa shape index (κ1) is 23.6. The standard InChI is InChI=1S/C31H30N2O4/c34-27(23-12-6-2-7-13-23)20-33-17-16-25-26(19-33)31(25,21-33)37-30(36)29(24-14-8-3-9-15-24)32-28(35)18-22-10-4-1-5-11-22/h1-15,25-26,29H,16-21H2/p+1/t25?,26?,29?,31-,33?/m1/s1. The minimum atomic E-state index is -0.874. The second-order valence-electron chi connectivity index (χ2n) is 10.8. The van der Waals surface area contributed by atoms with Crippen molar-refractivity contribution in [2.75, 3.05) is 26.2 Å². The molecule has 4 fully saturated rings. The monoisotopic (exact) mass is 495 g/mol. The number of carbonyl (C=O) groups excluding carboxylic acids is 3. The minimum absolute atomic E-state index is 0.136. The van der Waals surface area contributed by atoms with Crippen LogP contribution in [0.25, 0.3) is 0 Å². The number of fused-ring (bicyclic) bond motifs is 1. The van der Waals surface area contributed by atoms with E-state index in [4.69, 9.17) is 4.74 Å². The first-order chi connectivity index (χ1) is 18.0. The molecule has 4 bridgehead atoms. The third kappa shape index (κ3) is 4.46. The average molecular weight is 496 g/mol.